The van der Waals surface area contributed by atoms with Gasteiger partial charge in [0.15, 0.2) is 0 Å². The third-order valence-electron chi connectivity index (χ3n) is 3.79. The first-order valence-corrected chi connectivity index (χ1v) is 7.58. The first-order valence-electron chi connectivity index (χ1n) is 7.58. The van der Waals surface area contributed by atoms with Gasteiger partial charge in [-0.3, -0.25) is 0 Å². The van der Waals surface area contributed by atoms with E-state index < -0.39 is 5.79 Å². The molecule has 0 aliphatic carbocycles. The fourth-order valence-electron chi connectivity index (χ4n) is 2.65. The third kappa shape index (κ3) is 3.62. The molecule has 2 aromatic rings. The molecule has 2 atom stereocenters. The molecule has 0 radical (unpaired) electrons. The highest BCUT2D eigenvalue weighted by Gasteiger charge is 2.43. The van der Waals surface area contributed by atoms with Gasteiger partial charge in [0.1, 0.15) is 12.7 Å². The highest BCUT2D eigenvalue weighted by Crippen LogP contribution is 2.36. The molecule has 0 bridgehead atoms. The Morgan fingerprint density at radius 1 is 1.43 bits per heavy atom. The maximum absolute atomic E-state index is 6.23. The molecule has 1 fully saturated rings. The second-order valence-corrected chi connectivity index (χ2v) is 5.62. The van der Waals surface area contributed by atoms with E-state index in [2.05, 4.69) is 30.0 Å². The van der Waals surface area contributed by atoms with Crippen molar-refractivity contribution >= 4 is 0 Å². The Balaban J connectivity index is 1.80. The lowest BCUT2D eigenvalue weighted by molar-refractivity contribution is -0.191. The number of ether oxygens (including phenoxy) is 3. The minimum atomic E-state index is -0.835. The number of terminal acetylenes is 1. The number of imidazole rings is 1. The summed E-state index contributed by atoms with van der Waals surface area (Å²) in [6.07, 6.45) is 10.4. The summed E-state index contributed by atoms with van der Waals surface area (Å²) in [5, 5.41) is 0. The molecule has 1 aromatic heterocycles. The quantitative estimate of drug-likeness (QED) is 0.605. The summed E-state index contributed by atoms with van der Waals surface area (Å²) in [4.78, 5) is 4.09. The first-order chi connectivity index (χ1) is 11.2. The van der Waals surface area contributed by atoms with E-state index in [9.17, 15) is 0 Å². The predicted molar refractivity (Wildman–Crippen MR) is 85.6 cm³/mol. The molecule has 1 saturated heterocycles. The number of benzene rings is 1. The van der Waals surface area contributed by atoms with Crippen molar-refractivity contribution in [2.24, 2.45) is 0 Å². The van der Waals surface area contributed by atoms with Crippen LogP contribution >= 0.6 is 0 Å². The van der Waals surface area contributed by atoms with E-state index in [1.54, 1.807) is 12.5 Å². The summed E-state index contributed by atoms with van der Waals surface area (Å²) in [7, 11) is 0. The van der Waals surface area contributed by atoms with Crippen molar-refractivity contribution in [1.29, 1.82) is 0 Å². The van der Waals surface area contributed by atoms with Crippen molar-refractivity contribution in [3.8, 4) is 12.3 Å². The van der Waals surface area contributed by atoms with Crippen molar-refractivity contribution in [3.63, 3.8) is 0 Å². The van der Waals surface area contributed by atoms with Gasteiger partial charge in [0.05, 0.1) is 26.1 Å². The summed E-state index contributed by atoms with van der Waals surface area (Å²) < 4.78 is 19.7. The minimum Gasteiger partial charge on any atom is -0.366 e. The number of hydrogen-bond acceptors (Lipinski definition) is 4. The predicted octanol–water partition coefficient (Wildman–Crippen LogP) is 2.11. The van der Waals surface area contributed by atoms with Crippen LogP contribution < -0.4 is 0 Å². The maximum atomic E-state index is 6.23. The molecule has 2 heterocycles. The lowest BCUT2D eigenvalue weighted by atomic mass is 10.0. The molecule has 1 aliphatic heterocycles. The van der Waals surface area contributed by atoms with E-state index in [4.69, 9.17) is 20.6 Å². The zero-order valence-corrected chi connectivity index (χ0v) is 13.1. The van der Waals surface area contributed by atoms with Crippen molar-refractivity contribution in [2.45, 2.75) is 25.4 Å². The van der Waals surface area contributed by atoms with Gasteiger partial charge >= 0.3 is 0 Å². The normalized spacial score (nSPS) is 23.7. The summed E-state index contributed by atoms with van der Waals surface area (Å²) in [6.45, 7) is 3.74. The SMILES string of the molecule is C#CCOCC1COC(Cn2ccnc2)(c2ccc(C)cc2)O1. The highest BCUT2D eigenvalue weighted by molar-refractivity contribution is 5.26. The van der Waals surface area contributed by atoms with E-state index in [0.717, 1.165) is 5.56 Å². The number of rotatable bonds is 6. The van der Waals surface area contributed by atoms with Gasteiger partial charge < -0.3 is 18.8 Å². The Hall–Kier alpha value is -2.13. The average Bonchev–Trinajstić information content (AvgIpc) is 3.19. The van der Waals surface area contributed by atoms with Gasteiger partial charge in [0, 0.05) is 18.0 Å². The van der Waals surface area contributed by atoms with Gasteiger partial charge in [-0.05, 0) is 6.92 Å². The Kier molecular flexibility index (Phi) is 4.77. The Bertz CT molecular complexity index is 661. The zero-order valence-electron chi connectivity index (χ0n) is 13.1. The fraction of sp³-hybridized carbons (Fsp3) is 0.389. The van der Waals surface area contributed by atoms with Gasteiger partial charge in [0.25, 0.3) is 0 Å². The smallest absolute Gasteiger partial charge is 0.214 e. The molecule has 5 heteroatoms. The molecule has 0 amide bonds. The molecule has 1 aliphatic rings. The molecule has 23 heavy (non-hydrogen) atoms. The molecule has 5 nitrogen and oxygen atoms in total. The van der Waals surface area contributed by atoms with E-state index >= 15 is 0 Å². The molecule has 2 unspecified atom stereocenters. The molecule has 1 aromatic carbocycles. The summed E-state index contributed by atoms with van der Waals surface area (Å²) in [5.41, 5.74) is 2.18. The van der Waals surface area contributed by atoms with E-state index in [-0.39, 0.29) is 12.7 Å². The molecule has 0 N–H and O–H groups in total. The molecule has 120 valence electrons. The van der Waals surface area contributed by atoms with Crippen molar-refractivity contribution in [1.82, 2.24) is 9.55 Å². The fourth-order valence-corrected chi connectivity index (χ4v) is 2.65. The topological polar surface area (TPSA) is 45.5 Å². The Labute approximate surface area is 136 Å². The van der Waals surface area contributed by atoms with E-state index in [0.29, 0.717) is 19.8 Å². The average molecular weight is 312 g/mol. The van der Waals surface area contributed by atoms with Crippen LogP contribution in [-0.4, -0.2) is 35.5 Å². The van der Waals surface area contributed by atoms with Crippen molar-refractivity contribution in [2.75, 3.05) is 19.8 Å². The van der Waals surface area contributed by atoms with Crippen LogP contribution in [0.3, 0.4) is 0 Å². The monoisotopic (exact) mass is 312 g/mol. The van der Waals surface area contributed by atoms with Crippen molar-refractivity contribution < 1.29 is 14.2 Å². The lowest BCUT2D eigenvalue weighted by Crippen LogP contribution is -2.34. The Morgan fingerprint density at radius 3 is 2.96 bits per heavy atom. The standard InChI is InChI=1S/C18H20N2O3/c1-3-10-21-11-17-12-22-18(23-17,13-20-9-8-19-14-20)16-6-4-15(2)5-7-16/h1,4-9,14,17H,10-13H2,2H3. The molecule has 0 spiro atoms. The third-order valence-corrected chi connectivity index (χ3v) is 3.79. The second kappa shape index (κ2) is 6.97. The van der Waals surface area contributed by atoms with Crippen LogP contribution in [0.15, 0.2) is 43.0 Å². The summed E-state index contributed by atoms with van der Waals surface area (Å²) in [5.74, 6) is 1.62. The maximum Gasteiger partial charge on any atom is 0.214 e. The first kappa shape index (κ1) is 15.8. The van der Waals surface area contributed by atoms with Crippen LogP contribution in [0.25, 0.3) is 0 Å². The minimum absolute atomic E-state index is 0.145. The van der Waals surface area contributed by atoms with Crippen LogP contribution in [0.1, 0.15) is 11.1 Å². The van der Waals surface area contributed by atoms with Crippen LogP contribution in [0.5, 0.6) is 0 Å². The molecular formula is C18H20N2O3. The van der Waals surface area contributed by atoms with Crippen LogP contribution in [0.4, 0.5) is 0 Å². The molecular weight excluding hydrogens is 292 g/mol. The number of aromatic nitrogens is 2. The summed E-state index contributed by atoms with van der Waals surface area (Å²) in [6, 6.07) is 8.19. The number of nitrogens with zero attached hydrogens (tertiary/aromatic N) is 2. The Morgan fingerprint density at radius 2 is 2.26 bits per heavy atom. The van der Waals surface area contributed by atoms with Gasteiger partial charge in [-0.25, -0.2) is 4.98 Å². The van der Waals surface area contributed by atoms with E-state index in [1.807, 2.05) is 22.9 Å². The van der Waals surface area contributed by atoms with Gasteiger partial charge in [-0.15, -0.1) is 6.42 Å². The summed E-state index contributed by atoms with van der Waals surface area (Å²) >= 11 is 0. The largest absolute Gasteiger partial charge is 0.366 e. The van der Waals surface area contributed by atoms with E-state index in [1.165, 1.54) is 5.56 Å². The lowest BCUT2D eigenvalue weighted by Gasteiger charge is -2.29. The molecule has 0 saturated carbocycles. The van der Waals surface area contributed by atoms with Crippen LogP contribution in [0.2, 0.25) is 0 Å². The number of aryl methyl sites for hydroxylation is 1. The molecule has 3 rings (SSSR count). The van der Waals surface area contributed by atoms with Crippen LogP contribution in [-0.2, 0) is 26.5 Å². The van der Waals surface area contributed by atoms with Gasteiger partial charge in [-0.2, -0.15) is 0 Å². The van der Waals surface area contributed by atoms with Crippen molar-refractivity contribution in [3.05, 3.63) is 54.1 Å². The number of hydrogen-bond donors (Lipinski definition) is 0. The highest BCUT2D eigenvalue weighted by atomic mass is 16.8. The van der Waals surface area contributed by atoms with Gasteiger partial charge in [-0.1, -0.05) is 35.7 Å². The zero-order chi connectivity index (χ0) is 16.1. The van der Waals surface area contributed by atoms with Crippen LogP contribution in [0, 0.1) is 19.3 Å². The van der Waals surface area contributed by atoms with Gasteiger partial charge in [0.2, 0.25) is 5.79 Å². The second-order valence-electron chi connectivity index (χ2n) is 5.62.